The molecular weight excluding hydrogens is 448 g/mol. The molecule has 4 atom stereocenters. The number of carbonyl (C=O) groups is 4. The highest BCUT2D eigenvalue weighted by Crippen LogP contribution is 2.40. The van der Waals surface area contributed by atoms with Crippen LogP contribution in [0.3, 0.4) is 0 Å². The largest absolute Gasteiger partial charge is 0.497 e. The van der Waals surface area contributed by atoms with Crippen LogP contribution in [-0.4, -0.2) is 37.3 Å². The van der Waals surface area contributed by atoms with Gasteiger partial charge in [-0.3, -0.25) is 24.1 Å². The van der Waals surface area contributed by atoms with Gasteiger partial charge in [-0.15, -0.1) is 0 Å². The Morgan fingerprint density at radius 2 is 1.74 bits per heavy atom. The number of allylic oxidation sites excluding steroid dienone is 2. The number of ether oxygens (including phenoxy) is 2. The van der Waals surface area contributed by atoms with Gasteiger partial charge < -0.3 is 14.4 Å². The first-order valence-electron chi connectivity index (χ1n) is 11.7. The molecule has 2 aliphatic heterocycles. The molecule has 0 aromatic heterocycles. The van der Waals surface area contributed by atoms with E-state index in [9.17, 15) is 19.2 Å². The van der Waals surface area contributed by atoms with Gasteiger partial charge in [0.2, 0.25) is 17.7 Å². The second-order valence-electron chi connectivity index (χ2n) is 9.19. The molecule has 2 heterocycles. The number of fused-ring (bicyclic) bond motifs is 1. The third-order valence-corrected chi connectivity index (χ3v) is 7.01. The molecule has 180 valence electrons. The predicted octanol–water partition coefficient (Wildman–Crippen LogP) is 3.36. The lowest BCUT2D eigenvalue weighted by atomic mass is 9.78. The molecule has 0 N–H and O–H groups in total. The molecule has 2 saturated heterocycles. The van der Waals surface area contributed by atoms with Gasteiger partial charge >= 0.3 is 5.97 Å². The Bertz CT molecular complexity index is 1220. The fraction of sp³-hybridized carbons (Fsp3) is 0.333. The maximum absolute atomic E-state index is 13.0. The molecule has 0 bridgehead atoms. The van der Waals surface area contributed by atoms with Crippen molar-refractivity contribution in [3.05, 3.63) is 60.7 Å². The van der Waals surface area contributed by atoms with Crippen molar-refractivity contribution in [2.75, 3.05) is 23.5 Å². The highest BCUT2D eigenvalue weighted by molar-refractivity contribution is 6.22. The number of hydrogen-bond donors (Lipinski definition) is 0. The molecule has 2 aromatic rings. The van der Waals surface area contributed by atoms with Crippen LogP contribution in [0.4, 0.5) is 11.4 Å². The van der Waals surface area contributed by atoms with Crippen LogP contribution in [-0.2, 0) is 19.2 Å². The summed E-state index contributed by atoms with van der Waals surface area (Å²) in [7, 11) is 1.55. The average molecular weight is 475 g/mol. The van der Waals surface area contributed by atoms with Crippen molar-refractivity contribution in [1.82, 2.24) is 0 Å². The summed E-state index contributed by atoms with van der Waals surface area (Å²) in [6.07, 6.45) is 4.58. The first-order valence-corrected chi connectivity index (χ1v) is 11.7. The van der Waals surface area contributed by atoms with Gasteiger partial charge in [-0.1, -0.05) is 25.1 Å². The Hall–Kier alpha value is -3.94. The maximum atomic E-state index is 13.0. The molecule has 8 heteroatoms. The van der Waals surface area contributed by atoms with Gasteiger partial charge in [-0.05, 0) is 48.7 Å². The zero-order valence-electron chi connectivity index (χ0n) is 19.5. The van der Waals surface area contributed by atoms with Gasteiger partial charge in [-0.25, -0.2) is 0 Å². The monoisotopic (exact) mass is 474 g/mol. The van der Waals surface area contributed by atoms with Crippen molar-refractivity contribution < 1.29 is 28.7 Å². The number of esters is 1. The molecule has 2 fully saturated rings. The molecule has 0 saturated carbocycles. The summed E-state index contributed by atoms with van der Waals surface area (Å²) in [4.78, 5) is 53.9. The van der Waals surface area contributed by atoms with E-state index in [0.717, 1.165) is 0 Å². The summed E-state index contributed by atoms with van der Waals surface area (Å²) in [5.74, 6) is -1.38. The zero-order chi connectivity index (χ0) is 24.7. The molecule has 0 spiro atoms. The summed E-state index contributed by atoms with van der Waals surface area (Å²) in [6.45, 7) is 2.17. The lowest BCUT2D eigenvalue weighted by Gasteiger charge is -2.22. The van der Waals surface area contributed by atoms with Crippen molar-refractivity contribution in [3.63, 3.8) is 0 Å². The van der Waals surface area contributed by atoms with Crippen molar-refractivity contribution in [1.29, 1.82) is 0 Å². The van der Waals surface area contributed by atoms with Gasteiger partial charge in [-0.2, -0.15) is 0 Å². The molecule has 5 rings (SSSR count). The highest BCUT2D eigenvalue weighted by atomic mass is 16.5. The predicted molar refractivity (Wildman–Crippen MR) is 128 cm³/mol. The van der Waals surface area contributed by atoms with Crippen LogP contribution in [0.2, 0.25) is 0 Å². The van der Waals surface area contributed by atoms with Crippen LogP contribution in [0, 0.1) is 23.7 Å². The number of benzene rings is 2. The Morgan fingerprint density at radius 1 is 0.971 bits per heavy atom. The minimum atomic E-state index is -0.604. The molecule has 0 radical (unpaired) electrons. The summed E-state index contributed by atoms with van der Waals surface area (Å²) in [5, 5.41) is 0. The Kier molecular flexibility index (Phi) is 5.88. The van der Waals surface area contributed by atoms with Crippen LogP contribution in [0.1, 0.15) is 19.8 Å². The molecular formula is C27H26N2O6. The van der Waals surface area contributed by atoms with E-state index in [4.69, 9.17) is 9.47 Å². The summed E-state index contributed by atoms with van der Waals surface area (Å²) in [6, 6.07) is 13.5. The number of hydrogen-bond acceptors (Lipinski definition) is 6. The maximum Gasteiger partial charge on any atom is 0.316 e. The van der Waals surface area contributed by atoms with Gasteiger partial charge in [0.1, 0.15) is 11.5 Å². The van der Waals surface area contributed by atoms with Gasteiger partial charge in [0, 0.05) is 24.7 Å². The minimum Gasteiger partial charge on any atom is -0.497 e. The van der Waals surface area contributed by atoms with Gasteiger partial charge in [0.25, 0.3) is 0 Å². The van der Waals surface area contributed by atoms with E-state index in [1.807, 2.05) is 19.1 Å². The topological polar surface area (TPSA) is 93.2 Å². The highest BCUT2D eigenvalue weighted by Gasteiger charge is 2.50. The standard InChI is InChI=1S/C27H26N2O6/c1-16-5-3-8-22-24(16)26(32)29(25(22)31)18-9-11-20(12-10-18)35-27(33)17-13-23(30)28(15-17)19-6-4-7-21(14-19)34-2/h3-7,9-12,14,16-17,22,24H,8,13,15H2,1-2H3/t16-,17+,22+,24+/m0/s1. The molecule has 0 unspecified atom stereocenters. The van der Waals surface area contributed by atoms with Crippen LogP contribution in [0.15, 0.2) is 60.7 Å². The summed E-state index contributed by atoms with van der Waals surface area (Å²) < 4.78 is 10.7. The molecule has 8 nitrogen and oxygen atoms in total. The summed E-state index contributed by atoms with van der Waals surface area (Å²) >= 11 is 0. The Balaban J connectivity index is 1.25. The van der Waals surface area contributed by atoms with Crippen molar-refractivity contribution in [3.8, 4) is 11.5 Å². The number of imide groups is 1. The SMILES string of the molecule is COc1cccc(N2C[C@H](C(=O)Oc3ccc(N4C(=O)[C@@H]5[C@@H](C)C=CC[C@H]5C4=O)cc3)CC2=O)c1. The lowest BCUT2D eigenvalue weighted by Crippen LogP contribution is -2.31. The minimum absolute atomic E-state index is 0.0149. The molecule has 35 heavy (non-hydrogen) atoms. The van der Waals surface area contributed by atoms with Crippen molar-refractivity contribution in [2.45, 2.75) is 19.8 Å². The number of amides is 3. The van der Waals surface area contributed by atoms with Gasteiger partial charge in [0.05, 0.1) is 30.6 Å². The van der Waals surface area contributed by atoms with Crippen LogP contribution >= 0.6 is 0 Å². The van der Waals surface area contributed by atoms with Crippen molar-refractivity contribution in [2.24, 2.45) is 23.7 Å². The average Bonchev–Trinajstić information content (AvgIpc) is 3.38. The van der Waals surface area contributed by atoms with Crippen LogP contribution < -0.4 is 19.3 Å². The van der Waals surface area contributed by atoms with Crippen LogP contribution in [0.5, 0.6) is 11.5 Å². The Labute approximate surface area is 203 Å². The second-order valence-corrected chi connectivity index (χ2v) is 9.19. The molecule has 1 aliphatic carbocycles. The first kappa shape index (κ1) is 22.8. The fourth-order valence-electron chi connectivity index (χ4n) is 5.16. The van der Waals surface area contributed by atoms with Crippen molar-refractivity contribution >= 4 is 35.1 Å². The third-order valence-electron chi connectivity index (χ3n) is 7.01. The van der Waals surface area contributed by atoms with E-state index in [0.29, 0.717) is 23.5 Å². The number of nitrogens with zero attached hydrogens (tertiary/aromatic N) is 2. The van der Waals surface area contributed by atoms with E-state index in [2.05, 4.69) is 0 Å². The molecule has 3 aliphatic rings. The molecule has 2 aromatic carbocycles. The smallest absolute Gasteiger partial charge is 0.316 e. The summed E-state index contributed by atoms with van der Waals surface area (Å²) in [5.41, 5.74) is 1.13. The number of rotatable bonds is 5. The van der Waals surface area contributed by atoms with E-state index < -0.39 is 11.9 Å². The quantitative estimate of drug-likeness (QED) is 0.286. The molecule has 3 amide bonds. The first-order chi connectivity index (χ1) is 16.9. The normalized spacial score (nSPS) is 25.7. The van der Waals surface area contributed by atoms with Gasteiger partial charge in [0.15, 0.2) is 0 Å². The number of methoxy groups -OCH3 is 1. The van der Waals surface area contributed by atoms with Crippen LogP contribution in [0.25, 0.3) is 0 Å². The second kappa shape index (κ2) is 9.02. The zero-order valence-corrected chi connectivity index (χ0v) is 19.5. The van der Waals surface area contributed by atoms with E-state index >= 15 is 0 Å². The lowest BCUT2D eigenvalue weighted by molar-refractivity contribution is -0.139. The third kappa shape index (κ3) is 4.09. The van der Waals surface area contributed by atoms with E-state index in [1.165, 1.54) is 4.90 Å². The number of anilines is 2. The number of carbonyl (C=O) groups excluding carboxylic acids is 4. The Morgan fingerprint density at radius 3 is 2.46 bits per heavy atom. The van der Waals surface area contributed by atoms with E-state index in [1.54, 1.807) is 60.5 Å². The fourth-order valence-corrected chi connectivity index (χ4v) is 5.16. The van der Waals surface area contributed by atoms with E-state index in [-0.39, 0.29) is 54.2 Å².